The van der Waals surface area contributed by atoms with E-state index >= 15 is 0 Å². The Kier molecular flexibility index (Phi) is 11.1. The number of rotatable bonds is 11. The van der Waals surface area contributed by atoms with Crippen LogP contribution in [0.15, 0.2) is 4.99 Å². The average Bonchev–Trinajstić information content (AvgIpc) is 2.61. The number of piperazine rings is 1. The van der Waals surface area contributed by atoms with Crippen LogP contribution in [0, 0.1) is 0 Å². The van der Waals surface area contributed by atoms with Crippen LogP contribution < -0.4 is 5.32 Å². The second-order valence-corrected chi connectivity index (χ2v) is 8.65. The molecule has 1 saturated heterocycles. The minimum atomic E-state index is -3.26. The zero-order valence-electron chi connectivity index (χ0n) is 16.7. The molecule has 9 heteroatoms. The maximum absolute atomic E-state index is 12.4. The fourth-order valence-corrected chi connectivity index (χ4v) is 3.90. The number of sulfonamides is 1. The third-order valence-corrected chi connectivity index (χ3v) is 5.94. The van der Waals surface area contributed by atoms with E-state index in [-0.39, 0.29) is 18.5 Å². The summed E-state index contributed by atoms with van der Waals surface area (Å²) in [5.74, 6) is 0.831. The van der Waals surface area contributed by atoms with Crippen LogP contribution in [0.5, 0.6) is 0 Å². The van der Waals surface area contributed by atoms with Crippen molar-refractivity contribution in [2.45, 2.75) is 39.7 Å². The molecule has 0 aromatic heterocycles. The largest absolute Gasteiger partial charge is 0.380 e. The quantitative estimate of drug-likeness (QED) is 0.317. The summed E-state index contributed by atoms with van der Waals surface area (Å²) >= 11 is 0. The highest BCUT2D eigenvalue weighted by molar-refractivity contribution is 7.89. The van der Waals surface area contributed by atoms with Gasteiger partial charge in [0.15, 0.2) is 5.96 Å². The van der Waals surface area contributed by atoms with E-state index in [0.29, 0.717) is 39.3 Å². The third kappa shape index (κ3) is 8.66. The van der Waals surface area contributed by atoms with Crippen molar-refractivity contribution in [2.24, 2.45) is 4.99 Å². The van der Waals surface area contributed by atoms with Gasteiger partial charge in [-0.05, 0) is 20.3 Å². The van der Waals surface area contributed by atoms with Crippen molar-refractivity contribution in [3.8, 4) is 0 Å². The summed E-state index contributed by atoms with van der Waals surface area (Å²) in [6.07, 6.45) is 2.25. The van der Waals surface area contributed by atoms with E-state index in [1.165, 1.54) is 0 Å². The number of unbranched alkanes of at least 4 members (excludes halogenated alkanes) is 1. The number of guanidine groups is 1. The zero-order valence-corrected chi connectivity index (χ0v) is 17.6. The smallest absolute Gasteiger partial charge is 0.216 e. The molecular formula is C17H36N4O4S. The number of ether oxygens (including phenoxy) is 2. The highest BCUT2D eigenvalue weighted by Crippen LogP contribution is 2.09. The Labute approximate surface area is 159 Å². The van der Waals surface area contributed by atoms with Gasteiger partial charge in [0.2, 0.25) is 10.0 Å². The molecule has 1 heterocycles. The summed E-state index contributed by atoms with van der Waals surface area (Å²) in [6.45, 7) is 10.5. The first kappa shape index (κ1) is 23.1. The molecule has 0 saturated carbocycles. The minimum Gasteiger partial charge on any atom is -0.380 e. The molecule has 8 nitrogen and oxygen atoms in total. The molecular weight excluding hydrogens is 356 g/mol. The number of nitrogens with zero attached hydrogens (tertiary/aromatic N) is 3. The lowest BCUT2D eigenvalue weighted by atomic mass is 10.4. The predicted octanol–water partition coefficient (Wildman–Crippen LogP) is 0.751. The van der Waals surface area contributed by atoms with Crippen molar-refractivity contribution in [3.63, 3.8) is 0 Å². The molecule has 0 amide bonds. The lowest BCUT2D eigenvalue weighted by Crippen LogP contribution is -2.54. The van der Waals surface area contributed by atoms with Crippen molar-refractivity contribution in [1.82, 2.24) is 14.5 Å². The van der Waals surface area contributed by atoms with Crippen LogP contribution in [-0.4, -0.2) is 95.0 Å². The van der Waals surface area contributed by atoms with Gasteiger partial charge in [-0.1, -0.05) is 13.3 Å². The number of nitrogens with one attached hydrogen (secondary N) is 1. The molecule has 0 radical (unpaired) electrons. The summed E-state index contributed by atoms with van der Waals surface area (Å²) in [5, 5.41) is 3.28. The fourth-order valence-electron chi connectivity index (χ4n) is 2.61. The van der Waals surface area contributed by atoms with Crippen molar-refractivity contribution in [2.75, 3.05) is 65.3 Å². The third-order valence-electron chi connectivity index (χ3n) is 4.11. The van der Waals surface area contributed by atoms with E-state index in [1.54, 1.807) is 11.4 Å². The summed E-state index contributed by atoms with van der Waals surface area (Å²) in [4.78, 5) is 6.38. The lowest BCUT2D eigenvalue weighted by Gasteiger charge is -2.35. The van der Waals surface area contributed by atoms with Crippen LogP contribution in [0.3, 0.4) is 0 Å². The number of aliphatic imine (C=N–C) groups is 1. The van der Waals surface area contributed by atoms with E-state index in [1.807, 2.05) is 13.8 Å². The van der Waals surface area contributed by atoms with Gasteiger partial charge in [0.1, 0.15) is 0 Å². The van der Waals surface area contributed by atoms with Gasteiger partial charge in [0.05, 0.1) is 25.1 Å². The Bertz CT molecular complexity index is 503. The minimum absolute atomic E-state index is 0.0350. The SMILES string of the molecule is CCCCOCCNC(=NC)N1CCN(S(=O)(=O)CCOC(C)C)CC1. The molecule has 0 aromatic rings. The van der Waals surface area contributed by atoms with E-state index < -0.39 is 10.0 Å². The topological polar surface area (TPSA) is 83.5 Å². The van der Waals surface area contributed by atoms with Crippen molar-refractivity contribution in [3.05, 3.63) is 0 Å². The number of hydrogen-bond donors (Lipinski definition) is 1. The average molecular weight is 393 g/mol. The molecule has 1 N–H and O–H groups in total. The van der Waals surface area contributed by atoms with Gasteiger partial charge in [0, 0.05) is 46.4 Å². The highest BCUT2D eigenvalue weighted by Gasteiger charge is 2.27. The highest BCUT2D eigenvalue weighted by atomic mass is 32.2. The summed E-state index contributed by atoms with van der Waals surface area (Å²) in [6, 6.07) is 0. The van der Waals surface area contributed by atoms with E-state index in [2.05, 4.69) is 22.1 Å². The molecule has 1 aliphatic heterocycles. The van der Waals surface area contributed by atoms with Crippen molar-refractivity contribution >= 4 is 16.0 Å². The van der Waals surface area contributed by atoms with Crippen LogP contribution >= 0.6 is 0 Å². The molecule has 26 heavy (non-hydrogen) atoms. The van der Waals surface area contributed by atoms with Gasteiger partial charge in [-0.3, -0.25) is 4.99 Å². The molecule has 0 aliphatic carbocycles. The van der Waals surface area contributed by atoms with Crippen molar-refractivity contribution in [1.29, 1.82) is 0 Å². The molecule has 1 rings (SSSR count). The maximum Gasteiger partial charge on any atom is 0.216 e. The van der Waals surface area contributed by atoms with Crippen LogP contribution in [-0.2, 0) is 19.5 Å². The second-order valence-electron chi connectivity index (χ2n) is 6.56. The molecule has 0 atom stereocenters. The van der Waals surface area contributed by atoms with Gasteiger partial charge < -0.3 is 19.7 Å². The summed E-state index contributed by atoms with van der Waals surface area (Å²) < 4.78 is 37.2. The van der Waals surface area contributed by atoms with Crippen LogP contribution in [0.25, 0.3) is 0 Å². The Morgan fingerprint density at radius 3 is 2.42 bits per heavy atom. The predicted molar refractivity (Wildman–Crippen MR) is 105 cm³/mol. The van der Waals surface area contributed by atoms with Crippen LogP contribution in [0.1, 0.15) is 33.6 Å². The van der Waals surface area contributed by atoms with Gasteiger partial charge in [-0.25, -0.2) is 8.42 Å². The molecule has 154 valence electrons. The van der Waals surface area contributed by atoms with Gasteiger partial charge >= 0.3 is 0 Å². The van der Waals surface area contributed by atoms with E-state index in [4.69, 9.17) is 9.47 Å². The normalized spacial score (nSPS) is 17.1. The standard InChI is InChI=1S/C17H36N4O4S/c1-5-6-12-24-13-7-19-17(18-4)20-8-10-21(11-9-20)26(22,23)15-14-25-16(2)3/h16H,5-15H2,1-4H3,(H,18,19). The molecule has 0 spiro atoms. The van der Waals surface area contributed by atoms with Gasteiger partial charge in [-0.15, -0.1) is 0 Å². The van der Waals surface area contributed by atoms with Crippen LogP contribution in [0.2, 0.25) is 0 Å². The Morgan fingerprint density at radius 1 is 1.15 bits per heavy atom. The van der Waals surface area contributed by atoms with Crippen LogP contribution in [0.4, 0.5) is 0 Å². The summed E-state index contributed by atoms with van der Waals surface area (Å²) in [5.41, 5.74) is 0. The first-order chi connectivity index (χ1) is 12.4. The lowest BCUT2D eigenvalue weighted by molar-refractivity contribution is 0.0904. The van der Waals surface area contributed by atoms with Crippen molar-refractivity contribution < 1.29 is 17.9 Å². The van der Waals surface area contributed by atoms with Gasteiger partial charge in [0.25, 0.3) is 0 Å². The zero-order chi connectivity index (χ0) is 19.4. The molecule has 1 aliphatic rings. The first-order valence-corrected chi connectivity index (χ1v) is 11.1. The Morgan fingerprint density at radius 2 is 1.85 bits per heavy atom. The molecule has 0 aromatic carbocycles. The Balaban J connectivity index is 2.34. The molecule has 0 bridgehead atoms. The van der Waals surface area contributed by atoms with E-state index in [0.717, 1.165) is 25.4 Å². The summed E-state index contributed by atoms with van der Waals surface area (Å²) in [7, 11) is -1.52. The number of hydrogen-bond acceptors (Lipinski definition) is 5. The van der Waals surface area contributed by atoms with Gasteiger partial charge in [-0.2, -0.15) is 4.31 Å². The fraction of sp³-hybridized carbons (Fsp3) is 0.941. The first-order valence-electron chi connectivity index (χ1n) is 9.53. The monoisotopic (exact) mass is 392 g/mol. The Hall–Kier alpha value is -0.900. The molecule has 0 unspecified atom stereocenters. The van der Waals surface area contributed by atoms with E-state index in [9.17, 15) is 8.42 Å². The molecule has 1 fully saturated rings. The maximum atomic E-state index is 12.4. The second kappa shape index (κ2) is 12.5.